The maximum atomic E-state index is 12.1. The maximum Gasteiger partial charge on any atom is 0.449 e. The monoisotopic (exact) mass is 208 g/mol. The van der Waals surface area contributed by atoms with Gasteiger partial charge in [0, 0.05) is 12.0 Å². The highest BCUT2D eigenvalue weighted by atomic mass is 19.4. The summed E-state index contributed by atoms with van der Waals surface area (Å²) >= 11 is 0. The number of halogens is 3. The molecule has 0 bridgehead atoms. The molecule has 0 heterocycles. The highest BCUT2D eigenvalue weighted by Crippen LogP contribution is 2.30. The second-order valence-corrected chi connectivity index (χ2v) is 3.31. The van der Waals surface area contributed by atoms with Crippen LogP contribution in [0.25, 0.3) is 0 Å². The third-order valence-corrected chi connectivity index (χ3v) is 2.22. The standard InChI is InChI=1S/C9H11F3O2/c10-9(11,12)8(14)6-4-2-1-3-5-7(6)13/h14H,1-5H2/b8-6-. The Kier molecular flexibility index (Phi) is 3.18. The number of aliphatic hydroxyl groups excluding tert-OH is 1. The molecule has 80 valence electrons. The van der Waals surface area contributed by atoms with Crippen LogP contribution in [0.4, 0.5) is 13.2 Å². The largest absolute Gasteiger partial charge is 0.504 e. The van der Waals surface area contributed by atoms with Gasteiger partial charge < -0.3 is 5.11 Å². The van der Waals surface area contributed by atoms with Crippen LogP contribution >= 0.6 is 0 Å². The summed E-state index contributed by atoms with van der Waals surface area (Å²) < 4.78 is 36.2. The number of carbonyl (C=O) groups excluding carboxylic acids is 1. The van der Waals surface area contributed by atoms with Gasteiger partial charge in [0.1, 0.15) is 0 Å². The highest BCUT2D eigenvalue weighted by molar-refractivity contribution is 5.96. The molecule has 1 rings (SSSR count). The van der Waals surface area contributed by atoms with Crippen LogP contribution < -0.4 is 0 Å². The van der Waals surface area contributed by atoms with Crippen molar-refractivity contribution in [3.63, 3.8) is 0 Å². The summed E-state index contributed by atoms with van der Waals surface area (Å²) in [7, 11) is 0. The van der Waals surface area contributed by atoms with Gasteiger partial charge in [0.05, 0.1) is 0 Å². The second-order valence-electron chi connectivity index (χ2n) is 3.31. The first kappa shape index (κ1) is 11.1. The van der Waals surface area contributed by atoms with Crippen LogP contribution in [0.1, 0.15) is 32.1 Å². The molecule has 0 radical (unpaired) electrons. The van der Waals surface area contributed by atoms with Gasteiger partial charge in [-0.25, -0.2) is 0 Å². The molecule has 0 aromatic heterocycles. The minimum absolute atomic E-state index is 0.0319. The number of carbonyl (C=O) groups is 1. The molecular formula is C9H11F3O2. The van der Waals surface area contributed by atoms with E-state index in [0.29, 0.717) is 12.8 Å². The number of hydrogen-bond donors (Lipinski definition) is 1. The molecule has 1 saturated carbocycles. The summed E-state index contributed by atoms with van der Waals surface area (Å²) in [4.78, 5) is 11.2. The van der Waals surface area contributed by atoms with E-state index in [9.17, 15) is 18.0 Å². The van der Waals surface area contributed by atoms with Gasteiger partial charge in [-0.15, -0.1) is 0 Å². The van der Waals surface area contributed by atoms with Gasteiger partial charge in [0.2, 0.25) is 5.76 Å². The van der Waals surface area contributed by atoms with Crippen LogP contribution in [0, 0.1) is 0 Å². The Morgan fingerprint density at radius 1 is 1.14 bits per heavy atom. The molecule has 1 N–H and O–H groups in total. The summed E-state index contributed by atoms with van der Waals surface area (Å²) in [5.74, 6) is -2.28. The van der Waals surface area contributed by atoms with Crippen molar-refractivity contribution in [1.82, 2.24) is 0 Å². The normalized spacial score (nSPS) is 23.2. The van der Waals surface area contributed by atoms with E-state index >= 15 is 0 Å². The van der Waals surface area contributed by atoms with Gasteiger partial charge in [-0.05, 0) is 19.3 Å². The molecule has 0 saturated heterocycles. The van der Waals surface area contributed by atoms with Crippen LogP contribution in [0.2, 0.25) is 0 Å². The van der Waals surface area contributed by atoms with Crippen molar-refractivity contribution in [3.8, 4) is 0 Å². The fourth-order valence-electron chi connectivity index (χ4n) is 1.48. The zero-order chi connectivity index (χ0) is 10.8. The Hall–Kier alpha value is -1.00. The molecule has 5 heteroatoms. The number of alkyl halides is 3. The van der Waals surface area contributed by atoms with Crippen LogP contribution in [0.15, 0.2) is 11.3 Å². The lowest BCUT2D eigenvalue weighted by Crippen LogP contribution is -2.17. The summed E-state index contributed by atoms with van der Waals surface area (Å²) in [6.07, 6.45) is -2.79. The fraction of sp³-hybridized carbons (Fsp3) is 0.667. The predicted octanol–water partition coefficient (Wildman–Crippen LogP) is 2.89. The Morgan fingerprint density at radius 2 is 1.71 bits per heavy atom. The van der Waals surface area contributed by atoms with E-state index in [2.05, 4.69) is 0 Å². The molecule has 0 aromatic rings. The van der Waals surface area contributed by atoms with Gasteiger partial charge in [0.15, 0.2) is 5.78 Å². The molecule has 0 amide bonds. The van der Waals surface area contributed by atoms with Crippen molar-refractivity contribution < 1.29 is 23.1 Å². The summed E-state index contributed by atoms with van der Waals surface area (Å²) in [5.41, 5.74) is -0.449. The number of hydrogen-bond acceptors (Lipinski definition) is 2. The molecule has 2 nitrogen and oxygen atoms in total. The van der Waals surface area contributed by atoms with Crippen molar-refractivity contribution in [2.24, 2.45) is 0 Å². The molecule has 0 aromatic carbocycles. The van der Waals surface area contributed by atoms with E-state index in [1.54, 1.807) is 0 Å². The first-order valence-electron chi connectivity index (χ1n) is 4.45. The summed E-state index contributed by atoms with van der Waals surface area (Å²) in [6.45, 7) is 0. The SMILES string of the molecule is O=C1CCCCC/C1=C(/O)C(F)(F)F. The molecule has 0 spiro atoms. The number of Topliss-reactive ketones (excluding diaryl/α,β-unsaturated/α-hetero) is 1. The van der Waals surface area contributed by atoms with Gasteiger partial charge in [0.25, 0.3) is 0 Å². The van der Waals surface area contributed by atoms with E-state index in [0.717, 1.165) is 6.42 Å². The van der Waals surface area contributed by atoms with Crippen molar-refractivity contribution in [2.45, 2.75) is 38.3 Å². The molecule has 0 unspecified atom stereocenters. The molecule has 0 aliphatic heterocycles. The van der Waals surface area contributed by atoms with E-state index in [4.69, 9.17) is 5.11 Å². The minimum Gasteiger partial charge on any atom is -0.504 e. The third-order valence-electron chi connectivity index (χ3n) is 2.22. The topological polar surface area (TPSA) is 37.3 Å². The van der Waals surface area contributed by atoms with E-state index < -0.39 is 23.3 Å². The predicted molar refractivity (Wildman–Crippen MR) is 43.8 cm³/mol. The van der Waals surface area contributed by atoms with Crippen LogP contribution in [0.5, 0.6) is 0 Å². The van der Waals surface area contributed by atoms with E-state index in [1.807, 2.05) is 0 Å². The lowest BCUT2D eigenvalue weighted by atomic mass is 10.1. The second kappa shape index (κ2) is 4.02. The van der Waals surface area contributed by atoms with E-state index in [1.165, 1.54) is 0 Å². The van der Waals surface area contributed by atoms with Crippen molar-refractivity contribution in [2.75, 3.05) is 0 Å². The van der Waals surface area contributed by atoms with Gasteiger partial charge in [-0.1, -0.05) is 6.42 Å². The Balaban J connectivity index is 2.97. The lowest BCUT2D eigenvalue weighted by molar-refractivity contribution is -0.127. The highest BCUT2D eigenvalue weighted by Gasteiger charge is 2.38. The molecular weight excluding hydrogens is 197 g/mol. The smallest absolute Gasteiger partial charge is 0.449 e. The average Bonchev–Trinajstić information content (AvgIpc) is 2.27. The number of allylic oxidation sites excluding steroid dienone is 2. The van der Waals surface area contributed by atoms with Crippen molar-refractivity contribution in [1.29, 1.82) is 0 Å². The Labute approximate surface area is 79.4 Å². The molecule has 1 fully saturated rings. The molecule has 14 heavy (non-hydrogen) atoms. The van der Waals surface area contributed by atoms with Crippen LogP contribution in [0.3, 0.4) is 0 Å². The zero-order valence-corrected chi connectivity index (χ0v) is 7.52. The third kappa shape index (κ3) is 2.49. The number of rotatable bonds is 0. The lowest BCUT2D eigenvalue weighted by Gasteiger charge is -2.09. The van der Waals surface area contributed by atoms with E-state index in [-0.39, 0.29) is 12.8 Å². The average molecular weight is 208 g/mol. The van der Waals surface area contributed by atoms with Crippen LogP contribution in [-0.4, -0.2) is 17.1 Å². The summed E-state index contributed by atoms with van der Waals surface area (Å²) in [5, 5.41) is 8.84. The minimum atomic E-state index is -4.80. The number of aliphatic hydroxyl groups is 1. The maximum absolute atomic E-state index is 12.1. The van der Waals surface area contributed by atoms with Gasteiger partial charge >= 0.3 is 6.18 Å². The summed E-state index contributed by atoms with van der Waals surface area (Å²) in [6, 6.07) is 0. The first-order valence-corrected chi connectivity index (χ1v) is 4.45. The Bertz CT molecular complexity index is 266. The molecule has 1 aliphatic carbocycles. The number of ketones is 1. The molecule has 0 atom stereocenters. The zero-order valence-electron chi connectivity index (χ0n) is 7.52. The van der Waals surface area contributed by atoms with Crippen molar-refractivity contribution in [3.05, 3.63) is 11.3 Å². The quantitative estimate of drug-likeness (QED) is 0.377. The fourth-order valence-corrected chi connectivity index (χ4v) is 1.48. The molecule has 1 aliphatic rings. The van der Waals surface area contributed by atoms with Crippen molar-refractivity contribution >= 4 is 5.78 Å². The van der Waals surface area contributed by atoms with Crippen LogP contribution in [-0.2, 0) is 4.79 Å². The Morgan fingerprint density at radius 3 is 2.29 bits per heavy atom. The van der Waals surface area contributed by atoms with Gasteiger partial charge in [-0.3, -0.25) is 4.79 Å². The van der Waals surface area contributed by atoms with Gasteiger partial charge in [-0.2, -0.15) is 13.2 Å². The first-order chi connectivity index (χ1) is 6.43.